The van der Waals surface area contributed by atoms with Crippen LogP contribution in [0.2, 0.25) is 0 Å². The zero-order chi connectivity index (χ0) is 19.4. The molecule has 0 amide bonds. The van der Waals surface area contributed by atoms with E-state index in [4.69, 9.17) is 0 Å². The molecule has 0 saturated heterocycles. The lowest BCUT2D eigenvalue weighted by Crippen LogP contribution is -2.11. The largest absolute Gasteiger partial charge is 0.309 e. The molecular weight excluding hydrogens is 354 g/mol. The van der Waals surface area contributed by atoms with Crippen LogP contribution in [-0.4, -0.2) is 26.3 Å². The Bertz CT molecular complexity index is 909. The Morgan fingerprint density at radius 3 is 2.30 bits per heavy atom. The number of benzene rings is 2. The number of carbonyl (C=O) groups is 1. The van der Waals surface area contributed by atoms with Gasteiger partial charge >= 0.3 is 0 Å². The summed E-state index contributed by atoms with van der Waals surface area (Å²) in [5, 5.41) is 9.29. The number of hydrogen-bond acceptors (Lipinski definition) is 4. The van der Waals surface area contributed by atoms with Crippen LogP contribution in [0.15, 0.2) is 59.8 Å². The topological polar surface area (TPSA) is 47.8 Å². The molecule has 2 aromatic carbocycles. The minimum atomic E-state index is 0.0874. The molecule has 0 fully saturated rings. The van der Waals surface area contributed by atoms with Crippen molar-refractivity contribution in [1.29, 1.82) is 0 Å². The first-order chi connectivity index (χ1) is 12.8. The number of thioether (sulfide) groups is 1. The first-order valence-electron chi connectivity index (χ1n) is 9.03. The molecule has 0 N–H and O–H groups in total. The lowest BCUT2D eigenvalue weighted by atomic mass is 9.86. The molecule has 0 atom stereocenters. The van der Waals surface area contributed by atoms with E-state index in [9.17, 15) is 4.79 Å². The molecule has 1 aromatic heterocycles. The highest BCUT2D eigenvalue weighted by Crippen LogP contribution is 2.23. The van der Waals surface area contributed by atoms with Gasteiger partial charge in [0.25, 0.3) is 0 Å². The summed E-state index contributed by atoms with van der Waals surface area (Å²) in [6.45, 7) is 6.50. The van der Waals surface area contributed by atoms with Crippen LogP contribution in [0.25, 0.3) is 0 Å². The fraction of sp³-hybridized carbons (Fsp3) is 0.318. The second-order valence-corrected chi connectivity index (χ2v) is 8.60. The molecule has 140 valence electrons. The van der Waals surface area contributed by atoms with Crippen molar-refractivity contribution in [3.8, 4) is 0 Å². The summed E-state index contributed by atoms with van der Waals surface area (Å²) in [6.07, 6.45) is 0.729. The molecule has 5 heteroatoms. The van der Waals surface area contributed by atoms with Gasteiger partial charge in [0.05, 0.1) is 5.75 Å². The molecule has 0 aliphatic rings. The van der Waals surface area contributed by atoms with E-state index in [2.05, 4.69) is 43.1 Å². The Balaban J connectivity index is 1.62. The van der Waals surface area contributed by atoms with E-state index >= 15 is 0 Å². The van der Waals surface area contributed by atoms with Crippen molar-refractivity contribution < 1.29 is 4.79 Å². The second-order valence-electron chi connectivity index (χ2n) is 7.66. The molecule has 1 heterocycles. The van der Waals surface area contributed by atoms with Gasteiger partial charge in [-0.25, -0.2) is 0 Å². The number of nitrogens with zero attached hydrogens (tertiary/aromatic N) is 3. The molecule has 3 aromatic rings. The molecule has 0 spiro atoms. The highest BCUT2D eigenvalue weighted by atomic mass is 32.2. The predicted molar refractivity (Wildman–Crippen MR) is 110 cm³/mol. The highest BCUT2D eigenvalue weighted by molar-refractivity contribution is 7.99. The molecule has 27 heavy (non-hydrogen) atoms. The third-order valence-corrected chi connectivity index (χ3v) is 5.56. The minimum absolute atomic E-state index is 0.0874. The summed E-state index contributed by atoms with van der Waals surface area (Å²) >= 11 is 1.43. The van der Waals surface area contributed by atoms with E-state index in [1.165, 1.54) is 22.9 Å². The van der Waals surface area contributed by atoms with E-state index < -0.39 is 0 Å². The summed E-state index contributed by atoms with van der Waals surface area (Å²) in [4.78, 5) is 12.5. The molecule has 0 aliphatic heterocycles. The van der Waals surface area contributed by atoms with Gasteiger partial charge in [0, 0.05) is 19.0 Å². The van der Waals surface area contributed by atoms with Crippen molar-refractivity contribution in [3.05, 3.63) is 77.1 Å². The maximum atomic E-state index is 12.5. The number of carbonyl (C=O) groups excluding carboxylic acids is 1. The fourth-order valence-corrected chi connectivity index (χ4v) is 3.60. The van der Waals surface area contributed by atoms with Gasteiger partial charge in [-0.2, -0.15) is 0 Å². The van der Waals surface area contributed by atoms with Crippen molar-refractivity contribution in [2.45, 2.75) is 37.8 Å². The average molecular weight is 380 g/mol. The Kier molecular flexibility index (Phi) is 5.80. The lowest BCUT2D eigenvalue weighted by molar-refractivity contribution is 0.102. The van der Waals surface area contributed by atoms with Crippen LogP contribution < -0.4 is 0 Å². The van der Waals surface area contributed by atoms with Gasteiger partial charge in [-0.1, -0.05) is 87.1 Å². The number of ketones is 1. The fourth-order valence-electron chi connectivity index (χ4n) is 2.77. The summed E-state index contributed by atoms with van der Waals surface area (Å²) in [6, 6.07) is 18.1. The summed E-state index contributed by atoms with van der Waals surface area (Å²) in [5.74, 6) is 1.35. The Morgan fingerprint density at radius 1 is 1.00 bits per heavy atom. The van der Waals surface area contributed by atoms with Crippen molar-refractivity contribution in [2.75, 3.05) is 5.75 Å². The minimum Gasteiger partial charge on any atom is -0.309 e. The highest BCUT2D eigenvalue weighted by Gasteiger charge is 2.16. The van der Waals surface area contributed by atoms with Crippen LogP contribution in [-0.2, 0) is 18.9 Å². The van der Waals surface area contributed by atoms with Crippen molar-refractivity contribution in [2.24, 2.45) is 7.05 Å². The summed E-state index contributed by atoms with van der Waals surface area (Å²) in [7, 11) is 1.95. The van der Waals surface area contributed by atoms with Crippen LogP contribution in [0, 0.1) is 0 Å². The van der Waals surface area contributed by atoms with E-state index in [-0.39, 0.29) is 11.2 Å². The van der Waals surface area contributed by atoms with E-state index in [1.807, 2.05) is 54.1 Å². The zero-order valence-electron chi connectivity index (χ0n) is 16.3. The maximum Gasteiger partial charge on any atom is 0.191 e. The zero-order valence-corrected chi connectivity index (χ0v) is 17.1. The third kappa shape index (κ3) is 4.86. The van der Waals surface area contributed by atoms with E-state index in [1.54, 1.807) is 0 Å². The SMILES string of the molecule is Cn1c(Cc2ccccc2)nnc1SCC(=O)c1ccc(C(C)(C)C)cc1. The first kappa shape index (κ1) is 19.4. The van der Waals surface area contributed by atoms with Crippen molar-refractivity contribution >= 4 is 17.5 Å². The number of hydrogen-bond donors (Lipinski definition) is 0. The lowest BCUT2D eigenvalue weighted by Gasteiger charge is -2.18. The molecule has 0 aliphatic carbocycles. The van der Waals surface area contributed by atoms with E-state index in [0.717, 1.165) is 23.0 Å². The van der Waals surface area contributed by atoms with Crippen molar-refractivity contribution in [3.63, 3.8) is 0 Å². The third-order valence-electron chi connectivity index (χ3n) is 4.54. The summed E-state index contributed by atoms with van der Waals surface area (Å²) in [5.41, 5.74) is 3.25. The van der Waals surface area contributed by atoms with Gasteiger partial charge in [-0.3, -0.25) is 4.79 Å². The van der Waals surface area contributed by atoms with Crippen LogP contribution >= 0.6 is 11.8 Å². The molecular formula is C22H25N3OS. The molecule has 0 unspecified atom stereocenters. The average Bonchev–Trinajstić information content (AvgIpc) is 3.00. The standard InChI is InChI=1S/C22H25N3OS/c1-22(2,3)18-12-10-17(11-13-18)19(26)15-27-21-24-23-20(25(21)4)14-16-8-6-5-7-9-16/h5-13H,14-15H2,1-4H3. The maximum absolute atomic E-state index is 12.5. The van der Waals surface area contributed by atoms with Gasteiger partial charge in [0.15, 0.2) is 10.9 Å². The molecule has 4 nitrogen and oxygen atoms in total. The molecule has 3 rings (SSSR count). The predicted octanol–water partition coefficient (Wildman–Crippen LogP) is 4.68. The van der Waals surface area contributed by atoms with Gasteiger partial charge in [0.2, 0.25) is 0 Å². The van der Waals surface area contributed by atoms with E-state index in [0.29, 0.717) is 5.75 Å². The number of rotatable bonds is 6. The van der Waals surface area contributed by atoms with Gasteiger partial charge in [-0.05, 0) is 16.5 Å². The Hall–Kier alpha value is -2.40. The number of Topliss-reactive ketones (excluding diaryl/α,β-unsaturated/α-hetero) is 1. The monoisotopic (exact) mass is 379 g/mol. The van der Waals surface area contributed by atoms with Crippen LogP contribution in [0.4, 0.5) is 0 Å². The van der Waals surface area contributed by atoms with Crippen LogP contribution in [0.1, 0.15) is 48.1 Å². The summed E-state index contributed by atoms with van der Waals surface area (Å²) < 4.78 is 1.97. The smallest absolute Gasteiger partial charge is 0.191 e. The molecule has 0 radical (unpaired) electrons. The normalized spacial score (nSPS) is 11.6. The van der Waals surface area contributed by atoms with Crippen LogP contribution in [0.3, 0.4) is 0 Å². The van der Waals surface area contributed by atoms with Gasteiger partial charge in [0.1, 0.15) is 5.82 Å². The Morgan fingerprint density at radius 2 is 1.67 bits per heavy atom. The van der Waals surface area contributed by atoms with Gasteiger partial charge in [-0.15, -0.1) is 10.2 Å². The van der Waals surface area contributed by atoms with Gasteiger partial charge < -0.3 is 4.57 Å². The quantitative estimate of drug-likeness (QED) is 0.461. The Labute approximate surface area is 165 Å². The van der Waals surface area contributed by atoms with Crippen LogP contribution in [0.5, 0.6) is 0 Å². The second kappa shape index (κ2) is 8.09. The van der Waals surface area contributed by atoms with Crippen molar-refractivity contribution in [1.82, 2.24) is 14.8 Å². The number of aromatic nitrogens is 3. The molecule has 0 saturated carbocycles. The molecule has 0 bridgehead atoms. The first-order valence-corrected chi connectivity index (χ1v) is 10.0.